The highest BCUT2D eigenvalue weighted by atomic mass is 19.4. The smallest absolute Gasteiger partial charge is 0.171 e. The summed E-state index contributed by atoms with van der Waals surface area (Å²) in [5.74, 6) is -4.72. The first-order valence-electron chi connectivity index (χ1n) is 4.57. The van der Waals surface area contributed by atoms with Crippen molar-refractivity contribution >= 4 is 0 Å². The van der Waals surface area contributed by atoms with Gasteiger partial charge in [0.15, 0.2) is 0 Å². The van der Waals surface area contributed by atoms with Gasteiger partial charge in [0, 0.05) is 0 Å². The lowest BCUT2D eigenvalue weighted by molar-refractivity contribution is -0.203. The van der Waals surface area contributed by atoms with E-state index in [1.165, 1.54) is 6.92 Å². The molecule has 90 valence electrons. The summed E-state index contributed by atoms with van der Waals surface area (Å²) >= 11 is 0. The van der Waals surface area contributed by atoms with Crippen LogP contribution in [0.3, 0.4) is 0 Å². The van der Waals surface area contributed by atoms with Crippen molar-refractivity contribution in [3.63, 3.8) is 0 Å². The Bertz CT molecular complexity index is 234. The van der Waals surface area contributed by atoms with Crippen molar-refractivity contribution in [3.05, 3.63) is 0 Å². The first-order chi connectivity index (χ1) is 6.43. The Morgan fingerprint density at radius 1 is 1.07 bits per heavy atom. The van der Waals surface area contributed by atoms with E-state index in [1.54, 1.807) is 0 Å². The number of hydrogen-bond donors (Lipinski definition) is 0. The number of alkyl halides is 6. The molecule has 0 aromatic carbocycles. The van der Waals surface area contributed by atoms with Gasteiger partial charge in [-0.3, -0.25) is 0 Å². The maximum absolute atomic E-state index is 12.4. The fraction of sp³-hybridized carbons (Fsp3) is 1.00. The normalized spacial score (nSPS) is 39.0. The highest BCUT2D eigenvalue weighted by Gasteiger charge is 2.75. The number of rotatable bonds is 1. The van der Waals surface area contributed by atoms with Gasteiger partial charge in [0.25, 0.3) is 0 Å². The second-order valence-corrected chi connectivity index (χ2v) is 4.44. The largest absolute Gasteiger partial charge is 0.392 e. The molecule has 0 heterocycles. The zero-order valence-corrected chi connectivity index (χ0v) is 8.50. The summed E-state index contributed by atoms with van der Waals surface area (Å²) in [6.45, 7) is 3.11. The zero-order valence-electron chi connectivity index (χ0n) is 8.50. The van der Waals surface area contributed by atoms with E-state index in [1.807, 2.05) is 0 Å². The van der Waals surface area contributed by atoms with Crippen LogP contribution in [-0.2, 0) is 0 Å². The molecule has 6 heteroatoms. The van der Waals surface area contributed by atoms with Gasteiger partial charge in [-0.15, -0.1) is 0 Å². The van der Waals surface area contributed by atoms with Gasteiger partial charge in [0.2, 0.25) is 0 Å². The van der Waals surface area contributed by atoms with Crippen LogP contribution in [0.1, 0.15) is 20.8 Å². The molecule has 0 radical (unpaired) electrons. The van der Waals surface area contributed by atoms with Gasteiger partial charge in [0.1, 0.15) is 0 Å². The minimum absolute atomic E-state index is 0.822. The summed E-state index contributed by atoms with van der Waals surface area (Å²) < 4.78 is 74.2. The molecule has 1 aliphatic rings. The summed E-state index contributed by atoms with van der Waals surface area (Å²) in [6.07, 6.45) is -9.10. The molecule has 1 fully saturated rings. The summed E-state index contributed by atoms with van der Waals surface area (Å²) in [6, 6.07) is 0. The lowest BCUT2D eigenvalue weighted by atomic mass is 9.88. The maximum Gasteiger partial charge on any atom is 0.392 e. The molecule has 0 aromatic heterocycles. The van der Waals surface area contributed by atoms with Crippen molar-refractivity contribution in [2.45, 2.75) is 33.1 Å². The average molecular weight is 234 g/mol. The molecule has 15 heavy (non-hydrogen) atoms. The molecule has 0 bridgehead atoms. The molecule has 0 N–H and O–H groups in total. The fourth-order valence-corrected chi connectivity index (χ4v) is 2.41. The maximum atomic E-state index is 12.4. The topological polar surface area (TPSA) is 0 Å². The first-order valence-corrected chi connectivity index (χ1v) is 4.57. The number of hydrogen-bond acceptors (Lipinski definition) is 0. The fourth-order valence-electron chi connectivity index (χ4n) is 2.41. The summed E-state index contributed by atoms with van der Waals surface area (Å²) in [7, 11) is 0. The van der Waals surface area contributed by atoms with E-state index >= 15 is 0 Å². The predicted octanol–water partition coefficient (Wildman–Crippen LogP) is 4.02. The van der Waals surface area contributed by atoms with Crippen molar-refractivity contribution in [2.24, 2.45) is 23.2 Å². The van der Waals surface area contributed by atoms with E-state index in [0.29, 0.717) is 0 Å². The van der Waals surface area contributed by atoms with Crippen molar-refractivity contribution in [1.29, 1.82) is 0 Å². The minimum Gasteiger partial charge on any atom is -0.171 e. The molecule has 4 atom stereocenters. The third-order valence-corrected chi connectivity index (χ3v) is 3.82. The Morgan fingerprint density at radius 2 is 1.47 bits per heavy atom. The van der Waals surface area contributed by atoms with Gasteiger partial charge in [0.05, 0.1) is 11.8 Å². The number of halogens is 6. The van der Waals surface area contributed by atoms with Gasteiger partial charge in [-0.2, -0.15) is 26.3 Å². The van der Waals surface area contributed by atoms with Crippen LogP contribution in [0.4, 0.5) is 26.3 Å². The molecular weight excluding hydrogens is 222 g/mol. The lowest BCUT2D eigenvalue weighted by Gasteiger charge is -2.24. The standard InChI is InChI=1S/C9H12F6/c1-4-6(9(13,14)15)7(4,3)5(2)8(10,11)12/h4-6H,1-3H3. The molecule has 4 unspecified atom stereocenters. The molecule has 1 aliphatic carbocycles. The van der Waals surface area contributed by atoms with Crippen LogP contribution in [0.5, 0.6) is 0 Å². The average Bonchev–Trinajstić information content (AvgIpc) is 2.51. The van der Waals surface area contributed by atoms with E-state index in [4.69, 9.17) is 0 Å². The van der Waals surface area contributed by atoms with Gasteiger partial charge < -0.3 is 0 Å². The zero-order chi connectivity index (χ0) is 12.2. The Hall–Kier alpha value is -0.420. The van der Waals surface area contributed by atoms with Crippen molar-refractivity contribution in [1.82, 2.24) is 0 Å². The van der Waals surface area contributed by atoms with E-state index in [2.05, 4.69) is 0 Å². The molecule has 1 rings (SSSR count). The summed E-state index contributed by atoms with van der Waals surface area (Å²) in [4.78, 5) is 0. The molecule has 0 saturated heterocycles. The predicted molar refractivity (Wildman–Crippen MR) is 42.0 cm³/mol. The lowest BCUT2D eigenvalue weighted by Crippen LogP contribution is -2.31. The monoisotopic (exact) mass is 234 g/mol. The summed E-state index contributed by atoms with van der Waals surface area (Å²) in [5, 5.41) is 0. The summed E-state index contributed by atoms with van der Waals surface area (Å²) in [5.41, 5.74) is -1.70. The van der Waals surface area contributed by atoms with Gasteiger partial charge in [-0.25, -0.2) is 0 Å². The van der Waals surface area contributed by atoms with Crippen molar-refractivity contribution in [2.75, 3.05) is 0 Å². The quantitative estimate of drug-likeness (QED) is 0.601. The Balaban J connectivity index is 2.89. The van der Waals surface area contributed by atoms with Gasteiger partial charge in [-0.1, -0.05) is 20.8 Å². The van der Waals surface area contributed by atoms with Crippen LogP contribution in [-0.4, -0.2) is 12.4 Å². The highest BCUT2D eigenvalue weighted by molar-refractivity contribution is 5.12. The molecule has 0 aromatic rings. The second kappa shape index (κ2) is 3.04. The van der Waals surface area contributed by atoms with Crippen LogP contribution >= 0.6 is 0 Å². The van der Waals surface area contributed by atoms with E-state index in [9.17, 15) is 26.3 Å². The third kappa shape index (κ3) is 1.83. The molecule has 0 nitrogen and oxygen atoms in total. The molecule has 0 spiro atoms. The van der Waals surface area contributed by atoms with E-state index in [-0.39, 0.29) is 0 Å². The first kappa shape index (κ1) is 12.6. The van der Waals surface area contributed by atoms with Gasteiger partial charge in [-0.05, 0) is 11.3 Å². The minimum atomic E-state index is -4.57. The SMILES string of the molecule is CC1C(C(F)(F)F)C1(C)C(C)C(F)(F)F. The van der Waals surface area contributed by atoms with Crippen LogP contribution < -0.4 is 0 Å². The van der Waals surface area contributed by atoms with Crippen LogP contribution in [0.15, 0.2) is 0 Å². The van der Waals surface area contributed by atoms with Crippen LogP contribution in [0.25, 0.3) is 0 Å². The van der Waals surface area contributed by atoms with E-state index < -0.39 is 35.5 Å². The molecular formula is C9H12F6. The molecule has 0 amide bonds. The highest BCUT2D eigenvalue weighted by Crippen LogP contribution is 2.70. The van der Waals surface area contributed by atoms with Crippen molar-refractivity contribution < 1.29 is 26.3 Å². The molecule has 1 saturated carbocycles. The molecule has 0 aliphatic heterocycles. The van der Waals surface area contributed by atoms with E-state index in [0.717, 1.165) is 13.8 Å². The second-order valence-electron chi connectivity index (χ2n) is 4.44. The third-order valence-electron chi connectivity index (χ3n) is 3.82. The van der Waals surface area contributed by atoms with Crippen LogP contribution in [0, 0.1) is 23.2 Å². The Labute approximate surface area is 83.6 Å². The van der Waals surface area contributed by atoms with Gasteiger partial charge >= 0.3 is 12.4 Å². The van der Waals surface area contributed by atoms with Crippen LogP contribution in [0.2, 0.25) is 0 Å². The van der Waals surface area contributed by atoms with Crippen molar-refractivity contribution in [3.8, 4) is 0 Å². The Kier molecular flexibility index (Phi) is 2.57. The Morgan fingerprint density at radius 3 is 1.67 bits per heavy atom.